The van der Waals surface area contributed by atoms with Gasteiger partial charge in [0.1, 0.15) is 11.6 Å². The first kappa shape index (κ1) is 19.3. The predicted octanol–water partition coefficient (Wildman–Crippen LogP) is 5.48. The second-order valence-corrected chi connectivity index (χ2v) is 7.76. The smallest absolute Gasteiger partial charge is 0.251 e. The molecule has 0 aliphatic carbocycles. The zero-order valence-corrected chi connectivity index (χ0v) is 17.4. The first-order valence-corrected chi connectivity index (χ1v) is 10.1. The molecule has 0 spiro atoms. The quantitative estimate of drug-likeness (QED) is 0.436. The van der Waals surface area contributed by atoms with Gasteiger partial charge in [0.15, 0.2) is 0 Å². The number of halogens is 2. The predicted molar refractivity (Wildman–Crippen MR) is 115 cm³/mol. The zero-order valence-electron chi connectivity index (χ0n) is 15.8. The number of nitrogens with zero attached hydrogens (tertiary/aromatic N) is 2. The lowest BCUT2D eigenvalue weighted by Crippen LogP contribution is -2.29. The van der Waals surface area contributed by atoms with Crippen molar-refractivity contribution in [1.29, 1.82) is 0 Å². The molecule has 6 heteroatoms. The van der Waals surface area contributed by atoms with Gasteiger partial charge in [-0.2, -0.15) is 0 Å². The number of aromatic nitrogens is 2. The number of nitrogens with one attached hydrogen (secondary N) is 1. The molecule has 4 nitrogen and oxygen atoms in total. The molecule has 1 amide bonds. The van der Waals surface area contributed by atoms with Crippen LogP contribution in [0.4, 0.5) is 4.39 Å². The van der Waals surface area contributed by atoms with E-state index in [1.807, 2.05) is 54.0 Å². The van der Waals surface area contributed by atoms with Gasteiger partial charge in [-0.1, -0.05) is 52.3 Å². The normalized spacial score (nSPS) is 12.1. The largest absolute Gasteiger partial charge is 0.342 e. The molecule has 0 saturated heterocycles. The monoisotopic (exact) mass is 451 g/mol. The summed E-state index contributed by atoms with van der Waals surface area (Å²) in [4.78, 5) is 17.4. The van der Waals surface area contributed by atoms with Crippen molar-refractivity contribution in [3.63, 3.8) is 0 Å². The number of hydrogen-bond donors (Lipinski definition) is 1. The molecule has 1 N–H and O–H groups in total. The molecular weight excluding hydrogens is 433 g/mol. The van der Waals surface area contributed by atoms with Gasteiger partial charge < -0.3 is 9.88 Å². The van der Waals surface area contributed by atoms with E-state index in [0.717, 1.165) is 15.5 Å². The van der Waals surface area contributed by atoms with Gasteiger partial charge in [0, 0.05) is 15.6 Å². The molecule has 29 heavy (non-hydrogen) atoms. The maximum absolute atomic E-state index is 14.3. The van der Waals surface area contributed by atoms with E-state index in [9.17, 15) is 9.18 Å². The molecule has 146 valence electrons. The Labute approximate surface area is 176 Å². The SMILES string of the molecule is CC(NC(=O)c1cccc(Br)c1)c1nc2ccccc2n1Cc1ccccc1F. The van der Waals surface area contributed by atoms with Crippen molar-refractivity contribution >= 4 is 32.9 Å². The third-order valence-corrected chi connectivity index (χ3v) is 5.29. The number of amides is 1. The number of para-hydroxylation sites is 2. The summed E-state index contributed by atoms with van der Waals surface area (Å²) in [6.45, 7) is 2.22. The standard InChI is InChI=1S/C23H19BrFN3O/c1-15(26-23(29)16-8-6-9-18(24)13-16)22-27-20-11-4-5-12-21(20)28(22)14-17-7-2-3-10-19(17)25/h2-13,15H,14H2,1H3,(H,26,29). The average molecular weight is 452 g/mol. The van der Waals surface area contributed by atoms with Crippen LogP contribution in [-0.4, -0.2) is 15.5 Å². The molecule has 1 unspecified atom stereocenters. The molecule has 0 bridgehead atoms. The summed E-state index contributed by atoms with van der Waals surface area (Å²) in [5, 5.41) is 3.00. The molecule has 0 radical (unpaired) electrons. The van der Waals surface area contributed by atoms with Crippen LogP contribution in [0.25, 0.3) is 11.0 Å². The van der Waals surface area contributed by atoms with E-state index in [-0.39, 0.29) is 17.8 Å². The van der Waals surface area contributed by atoms with Crippen molar-refractivity contribution in [2.24, 2.45) is 0 Å². The molecule has 4 rings (SSSR count). The minimum atomic E-state index is -0.361. The minimum Gasteiger partial charge on any atom is -0.342 e. The number of carbonyl (C=O) groups excluding carboxylic acids is 1. The summed E-state index contributed by atoms with van der Waals surface area (Å²) in [6, 6.07) is 21.3. The lowest BCUT2D eigenvalue weighted by atomic mass is 10.2. The maximum Gasteiger partial charge on any atom is 0.251 e. The van der Waals surface area contributed by atoms with Crippen LogP contribution in [0.5, 0.6) is 0 Å². The molecular formula is C23H19BrFN3O. The van der Waals surface area contributed by atoms with Gasteiger partial charge in [-0.05, 0) is 43.3 Å². The van der Waals surface area contributed by atoms with Crippen molar-refractivity contribution in [3.8, 4) is 0 Å². The van der Waals surface area contributed by atoms with Crippen LogP contribution < -0.4 is 5.32 Å². The number of hydrogen-bond acceptors (Lipinski definition) is 2. The van der Waals surface area contributed by atoms with E-state index in [4.69, 9.17) is 4.98 Å². The van der Waals surface area contributed by atoms with E-state index in [1.165, 1.54) is 6.07 Å². The molecule has 0 fully saturated rings. The molecule has 1 heterocycles. The van der Waals surface area contributed by atoms with Crippen LogP contribution >= 0.6 is 15.9 Å². The molecule has 0 saturated carbocycles. The Morgan fingerprint density at radius 3 is 2.66 bits per heavy atom. The number of fused-ring (bicyclic) bond motifs is 1. The van der Waals surface area contributed by atoms with Crippen LogP contribution in [0, 0.1) is 5.82 Å². The van der Waals surface area contributed by atoms with Gasteiger partial charge in [-0.3, -0.25) is 4.79 Å². The lowest BCUT2D eigenvalue weighted by molar-refractivity contribution is 0.0937. The summed E-state index contributed by atoms with van der Waals surface area (Å²) >= 11 is 3.39. The second-order valence-electron chi connectivity index (χ2n) is 6.84. The average Bonchev–Trinajstić information content (AvgIpc) is 3.08. The Kier molecular flexibility index (Phi) is 5.45. The van der Waals surface area contributed by atoms with Gasteiger partial charge in [-0.25, -0.2) is 9.37 Å². The topological polar surface area (TPSA) is 46.9 Å². The molecule has 3 aromatic carbocycles. The molecule has 0 aliphatic heterocycles. The van der Waals surface area contributed by atoms with Gasteiger partial charge in [0.25, 0.3) is 5.91 Å². The second kappa shape index (κ2) is 8.17. The summed E-state index contributed by atoms with van der Waals surface area (Å²) in [5.74, 6) is 0.225. The van der Waals surface area contributed by atoms with Crippen molar-refractivity contribution in [1.82, 2.24) is 14.9 Å². The van der Waals surface area contributed by atoms with Crippen molar-refractivity contribution in [2.75, 3.05) is 0 Å². The van der Waals surface area contributed by atoms with E-state index in [0.29, 0.717) is 23.5 Å². The molecule has 1 atom stereocenters. The molecule has 4 aromatic rings. The fourth-order valence-corrected chi connectivity index (χ4v) is 3.76. The van der Waals surface area contributed by atoms with Crippen LogP contribution in [-0.2, 0) is 6.54 Å². The van der Waals surface area contributed by atoms with Crippen LogP contribution in [0.1, 0.15) is 34.7 Å². The highest BCUT2D eigenvalue weighted by atomic mass is 79.9. The van der Waals surface area contributed by atoms with Crippen molar-refractivity contribution in [3.05, 3.63) is 100 Å². The summed E-state index contributed by atoms with van der Waals surface area (Å²) in [5.41, 5.74) is 2.84. The summed E-state index contributed by atoms with van der Waals surface area (Å²) < 4.78 is 17.1. The Morgan fingerprint density at radius 2 is 1.86 bits per heavy atom. The third-order valence-electron chi connectivity index (χ3n) is 4.79. The Bertz CT molecular complexity index is 1190. The van der Waals surface area contributed by atoms with Gasteiger partial charge >= 0.3 is 0 Å². The van der Waals surface area contributed by atoms with Crippen molar-refractivity contribution in [2.45, 2.75) is 19.5 Å². The Balaban J connectivity index is 1.69. The lowest BCUT2D eigenvalue weighted by Gasteiger charge is -2.17. The number of rotatable bonds is 5. The van der Waals surface area contributed by atoms with E-state index in [2.05, 4.69) is 21.2 Å². The number of carbonyl (C=O) groups is 1. The third kappa shape index (κ3) is 4.07. The van der Waals surface area contributed by atoms with E-state index < -0.39 is 0 Å². The fourth-order valence-electron chi connectivity index (χ4n) is 3.36. The maximum atomic E-state index is 14.3. The highest BCUT2D eigenvalue weighted by Crippen LogP contribution is 2.23. The Hall–Kier alpha value is -2.99. The number of benzene rings is 3. The highest BCUT2D eigenvalue weighted by Gasteiger charge is 2.20. The molecule has 1 aromatic heterocycles. The van der Waals surface area contributed by atoms with Gasteiger partial charge in [0.05, 0.1) is 23.6 Å². The fraction of sp³-hybridized carbons (Fsp3) is 0.130. The number of imidazole rings is 1. The van der Waals surface area contributed by atoms with Crippen LogP contribution in [0.15, 0.2) is 77.3 Å². The minimum absolute atomic E-state index is 0.191. The first-order chi connectivity index (χ1) is 14.0. The van der Waals surface area contributed by atoms with E-state index in [1.54, 1.807) is 24.3 Å². The first-order valence-electron chi connectivity index (χ1n) is 9.28. The Morgan fingerprint density at radius 1 is 1.10 bits per heavy atom. The van der Waals surface area contributed by atoms with Gasteiger partial charge in [-0.15, -0.1) is 0 Å². The highest BCUT2D eigenvalue weighted by molar-refractivity contribution is 9.10. The van der Waals surface area contributed by atoms with Crippen molar-refractivity contribution < 1.29 is 9.18 Å². The molecule has 0 aliphatic rings. The summed E-state index contributed by atoms with van der Waals surface area (Å²) in [6.07, 6.45) is 0. The van der Waals surface area contributed by atoms with Crippen LogP contribution in [0.2, 0.25) is 0 Å². The summed E-state index contributed by atoms with van der Waals surface area (Å²) in [7, 11) is 0. The zero-order chi connectivity index (χ0) is 20.4. The van der Waals surface area contributed by atoms with Crippen LogP contribution in [0.3, 0.4) is 0 Å². The van der Waals surface area contributed by atoms with E-state index >= 15 is 0 Å². The van der Waals surface area contributed by atoms with Gasteiger partial charge in [0.2, 0.25) is 0 Å².